The number of likely N-dealkylation sites (tertiary alicyclic amines) is 1. The number of ether oxygens (including phenoxy) is 1. The van der Waals surface area contributed by atoms with Crippen molar-refractivity contribution in [2.24, 2.45) is 11.8 Å². The molecule has 3 heterocycles. The molecule has 7 heteroatoms. The molecule has 0 aromatic carbocycles. The Labute approximate surface area is 158 Å². The average molecular weight is 375 g/mol. The number of fused-ring (bicyclic) bond motifs is 1. The van der Waals surface area contributed by atoms with Gasteiger partial charge >= 0.3 is 0 Å². The normalized spacial score (nSPS) is 28.2. The number of carbonyl (C=O) groups is 2. The fraction of sp³-hybridized carbons (Fsp3) is 0.650. The second kappa shape index (κ2) is 7.92. The topological polar surface area (TPSA) is 71.5 Å². The third-order valence-corrected chi connectivity index (χ3v) is 6.06. The van der Waals surface area contributed by atoms with E-state index >= 15 is 0 Å². The van der Waals surface area contributed by atoms with Crippen molar-refractivity contribution in [3.63, 3.8) is 0 Å². The highest BCUT2D eigenvalue weighted by molar-refractivity contribution is 5.80. The lowest BCUT2D eigenvalue weighted by Gasteiger charge is -2.43. The lowest BCUT2D eigenvalue weighted by molar-refractivity contribution is -0.146. The molecule has 2 amide bonds. The summed E-state index contributed by atoms with van der Waals surface area (Å²) in [6, 6.07) is 3.20. The molecule has 146 valence electrons. The summed E-state index contributed by atoms with van der Waals surface area (Å²) in [5, 5.41) is 3.11. The molecular weight excluding hydrogens is 349 g/mol. The van der Waals surface area contributed by atoms with E-state index in [0.717, 1.165) is 31.9 Å². The van der Waals surface area contributed by atoms with Crippen LogP contribution in [0.4, 0.5) is 4.39 Å². The Hall–Kier alpha value is -2.02. The predicted octanol–water partition coefficient (Wildman–Crippen LogP) is 1.69. The highest BCUT2D eigenvalue weighted by Gasteiger charge is 2.39. The molecule has 2 saturated heterocycles. The van der Waals surface area contributed by atoms with Gasteiger partial charge in [-0.15, -0.1) is 0 Å². The molecule has 4 rings (SSSR count). The summed E-state index contributed by atoms with van der Waals surface area (Å²) in [6.45, 7) is 1.74. The molecule has 1 N–H and O–H groups in total. The van der Waals surface area contributed by atoms with Gasteiger partial charge in [-0.1, -0.05) is 0 Å². The standard InChI is InChI=1S/C20H26FN3O3/c21-15-4-5-17(22-10-15)9-19(25)24-7-6-18-13(11-24)8-14(12-27-18)20(26)23-16-2-1-3-16/h4-5,10,13-14,16,18H,1-3,6-9,11-12H2,(H,23,26)/t13-,14-,18+/m0/s1. The lowest BCUT2D eigenvalue weighted by Crippen LogP contribution is -2.53. The summed E-state index contributed by atoms with van der Waals surface area (Å²) in [5.41, 5.74) is 0.571. The predicted molar refractivity (Wildman–Crippen MR) is 96.2 cm³/mol. The van der Waals surface area contributed by atoms with Gasteiger partial charge in [0.15, 0.2) is 0 Å². The second-order valence-corrected chi connectivity index (χ2v) is 7.97. The van der Waals surface area contributed by atoms with Crippen LogP contribution in [0.2, 0.25) is 0 Å². The number of nitrogens with zero attached hydrogens (tertiary/aromatic N) is 2. The minimum absolute atomic E-state index is 0.00592. The largest absolute Gasteiger partial charge is 0.377 e. The van der Waals surface area contributed by atoms with E-state index in [-0.39, 0.29) is 36.2 Å². The molecule has 1 saturated carbocycles. The summed E-state index contributed by atoms with van der Waals surface area (Å²) in [6.07, 6.45) is 6.34. The molecule has 3 aliphatic rings. The van der Waals surface area contributed by atoms with E-state index in [2.05, 4.69) is 10.3 Å². The number of aromatic nitrogens is 1. The first-order chi connectivity index (χ1) is 13.1. The molecule has 0 unspecified atom stereocenters. The molecule has 0 radical (unpaired) electrons. The molecule has 3 fully saturated rings. The summed E-state index contributed by atoms with van der Waals surface area (Å²) < 4.78 is 18.9. The van der Waals surface area contributed by atoms with Gasteiger partial charge in [0.25, 0.3) is 0 Å². The molecule has 3 atom stereocenters. The Kier molecular flexibility index (Phi) is 5.38. The second-order valence-electron chi connectivity index (χ2n) is 7.97. The summed E-state index contributed by atoms with van der Waals surface area (Å²) in [5.74, 6) is -0.251. The van der Waals surface area contributed by atoms with Crippen LogP contribution >= 0.6 is 0 Å². The van der Waals surface area contributed by atoms with Gasteiger partial charge in [-0.3, -0.25) is 14.6 Å². The maximum atomic E-state index is 13.0. The van der Waals surface area contributed by atoms with Crippen LogP contribution in [0.1, 0.15) is 37.8 Å². The number of halogens is 1. The maximum absolute atomic E-state index is 13.0. The Morgan fingerprint density at radius 2 is 2.15 bits per heavy atom. The van der Waals surface area contributed by atoms with Crippen LogP contribution in [-0.4, -0.2) is 53.5 Å². The van der Waals surface area contributed by atoms with Gasteiger partial charge in [-0.2, -0.15) is 0 Å². The Morgan fingerprint density at radius 3 is 2.85 bits per heavy atom. The van der Waals surface area contributed by atoms with Crippen LogP contribution in [-0.2, 0) is 20.7 Å². The zero-order chi connectivity index (χ0) is 18.8. The third kappa shape index (κ3) is 4.29. The number of rotatable bonds is 4. The molecule has 1 aromatic rings. The minimum atomic E-state index is -0.405. The van der Waals surface area contributed by atoms with Gasteiger partial charge in [0.05, 0.1) is 31.2 Å². The summed E-state index contributed by atoms with van der Waals surface area (Å²) >= 11 is 0. The van der Waals surface area contributed by atoms with Gasteiger partial charge < -0.3 is 15.0 Å². The Balaban J connectivity index is 1.31. The first-order valence-electron chi connectivity index (χ1n) is 9.88. The summed E-state index contributed by atoms with van der Waals surface area (Å²) in [7, 11) is 0. The van der Waals surface area contributed by atoms with Crippen molar-refractivity contribution in [2.75, 3.05) is 19.7 Å². The number of piperidine rings is 1. The van der Waals surface area contributed by atoms with Crippen molar-refractivity contribution in [2.45, 2.75) is 50.7 Å². The van der Waals surface area contributed by atoms with Crippen LogP contribution in [0.25, 0.3) is 0 Å². The van der Waals surface area contributed by atoms with Gasteiger partial charge in [0.1, 0.15) is 5.82 Å². The quantitative estimate of drug-likeness (QED) is 0.869. The minimum Gasteiger partial charge on any atom is -0.377 e. The van der Waals surface area contributed by atoms with Crippen molar-refractivity contribution in [1.29, 1.82) is 0 Å². The monoisotopic (exact) mass is 375 g/mol. The van der Waals surface area contributed by atoms with Crippen molar-refractivity contribution in [3.05, 3.63) is 29.8 Å². The number of amides is 2. The molecular formula is C20H26FN3O3. The number of nitrogens with one attached hydrogen (secondary N) is 1. The SMILES string of the molecule is O=C(NC1CCC1)[C@@H]1CO[C@@H]2CCN(C(=O)Cc3ccc(F)cn3)C[C@@H]2C1. The zero-order valence-electron chi connectivity index (χ0n) is 15.4. The van der Waals surface area contributed by atoms with Crippen molar-refractivity contribution >= 4 is 11.8 Å². The van der Waals surface area contributed by atoms with E-state index < -0.39 is 5.82 Å². The lowest BCUT2D eigenvalue weighted by atomic mass is 9.82. The molecule has 2 aliphatic heterocycles. The molecule has 1 aromatic heterocycles. The van der Waals surface area contributed by atoms with Crippen LogP contribution in [0, 0.1) is 17.7 Å². The van der Waals surface area contributed by atoms with E-state index in [9.17, 15) is 14.0 Å². The van der Waals surface area contributed by atoms with E-state index in [4.69, 9.17) is 4.74 Å². The number of pyridine rings is 1. The van der Waals surface area contributed by atoms with E-state index in [1.807, 2.05) is 4.90 Å². The highest BCUT2D eigenvalue weighted by Crippen LogP contribution is 2.32. The van der Waals surface area contributed by atoms with Crippen LogP contribution in [0.5, 0.6) is 0 Å². The van der Waals surface area contributed by atoms with Crippen molar-refractivity contribution in [3.8, 4) is 0 Å². The van der Waals surface area contributed by atoms with Crippen molar-refractivity contribution < 1.29 is 18.7 Å². The van der Waals surface area contributed by atoms with Crippen molar-refractivity contribution in [1.82, 2.24) is 15.2 Å². The van der Waals surface area contributed by atoms with Gasteiger partial charge in [0.2, 0.25) is 11.8 Å². The molecule has 6 nitrogen and oxygen atoms in total. The molecule has 0 spiro atoms. The Morgan fingerprint density at radius 1 is 1.30 bits per heavy atom. The van der Waals surface area contributed by atoms with Gasteiger partial charge in [0, 0.05) is 30.7 Å². The summed E-state index contributed by atoms with van der Waals surface area (Å²) in [4.78, 5) is 30.9. The number of hydrogen-bond donors (Lipinski definition) is 1. The number of carbonyl (C=O) groups excluding carboxylic acids is 2. The van der Waals surface area contributed by atoms with Gasteiger partial charge in [-0.05, 0) is 44.2 Å². The fourth-order valence-corrected chi connectivity index (χ4v) is 4.19. The van der Waals surface area contributed by atoms with Gasteiger partial charge in [-0.25, -0.2) is 4.39 Å². The molecule has 1 aliphatic carbocycles. The fourth-order valence-electron chi connectivity index (χ4n) is 4.19. The maximum Gasteiger partial charge on any atom is 0.228 e. The number of hydrogen-bond acceptors (Lipinski definition) is 4. The zero-order valence-corrected chi connectivity index (χ0v) is 15.4. The third-order valence-electron chi connectivity index (χ3n) is 6.06. The van der Waals surface area contributed by atoms with Crippen LogP contribution < -0.4 is 5.32 Å². The van der Waals surface area contributed by atoms with Crippen LogP contribution in [0.15, 0.2) is 18.3 Å². The van der Waals surface area contributed by atoms with E-state index in [1.165, 1.54) is 12.5 Å². The molecule has 0 bridgehead atoms. The van der Waals surface area contributed by atoms with E-state index in [0.29, 0.717) is 31.4 Å². The van der Waals surface area contributed by atoms with E-state index in [1.54, 1.807) is 6.07 Å². The first-order valence-corrected chi connectivity index (χ1v) is 9.88. The van der Waals surface area contributed by atoms with Crippen LogP contribution in [0.3, 0.4) is 0 Å². The highest BCUT2D eigenvalue weighted by atomic mass is 19.1. The first kappa shape index (κ1) is 18.3. The average Bonchev–Trinajstić information content (AvgIpc) is 2.65. The Bertz CT molecular complexity index is 692. The smallest absolute Gasteiger partial charge is 0.228 e. The molecule has 27 heavy (non-hydrogen) atoms.